The summed E-state index contributed by atoms with van der Waals surface area (Å²) in [5.74, 6) is 0.828. The van der Waals surface area contributed by atoms with Crippen molar-refractivity contribution in [2.75, 3.05) is 5.32 Å². The zero-order valence-corrected chi connectivity index (χ0v) is 18.5. The largest absolute Gasteiger partial charge is 0.310 e. The van der Waals surface area contributed by atoms with Gasteiger partial charge in [0.15, 0.2) is 0 Å². The number of anilines is 1. The number of amides is 1. The minimum absolute atomic E-state index is 0.0489. The second kappa shape index (κ2) is 7.67. The van der Waals surface area contributed by atoms with Crippen molar-refractivity contribution in [1.29, 1.82) is 0 Å². The molecule has 7 nitrogen and oxygen atoms in total. The molecule has 160 valence electrons. The number of carbonyl (C=O) groups is 1. The molecule has 1 N–H and O–H groups in total. The molecular weight excluding hydrogens is 400 g/mol. The van der Waals surface area contributed by atoms with Crippen molar-refractivity contribution < 1.29 is 4.79 Å². The summed E-state index contributed by atoms with van der Waals surface area (Å²) in [7, 11) is 0. The van der Waals surface area contributed by atoms with Gasteiger partial charge in [-0.2, -0.15) is 14.9 Å². The van der Waals surface area contributed by atoms with Crippen LogP contribution in [0.4, 0.5) is 5.82 Å². The topological polar surface area (TPSA) is 85.6 Å². The maximum atomic E-state index is 12.7. The number of carbonyl (C=O) groups excluding carboxylic acids is 1. The van der Waals surface area contributed by atoms with Gasteiger partial charge in [-0.15, -0.1) is 5.10 Å². The van der Waals surface area contributed by atoms with E-state index in [9.17, 15) is 4.79 Å². The van der Waals surface area contributed by atoms with Crippen molar-refractivity contribution in [3.05, 3.63) is 82.2 Å². The fourth-order valence-corrected chi connectivity index (χ4v) is 4.34. The molecule has 1 aliphatic heterocycles. The molecule has 0 saturated carbocycles. The van der Waals surface area contributed by atoms with E-state index in [0.29, 0.717) is 23.9 Å². The molecule has 0 aliphatic carbocycles. The highest BCUT2D eigenvalue weighted by molar-refractivity contribution is 5.95. The third-order valence-electron chi connectivity index (χ3n) is 6.00. The van der Waals surface area contributed by atoms with Gasteiger partial charge in [-0.05, 0) is 38.8 Å². The van der Waals surface area contributed by atoms with Gasteiger partial charge < -0.3 is 5.32 Å². The molecule has 1 aliphatic rings. The van der Waals surface area contributed by atoms with Gasteiger partial charge in [0, 0.05) is 23.5 Å². The summed E-state index contributed by atoms with van der Waals surface area (Å²) in [6.07, 6.45) is 2.01. The Morgan fingerprint density at radius 3 is 2.53 bits per heavy atom. The van der Waals surface area contributed by atoms with Crippen LogP contribution in [0, 0.1) is 27.7 Å². The van der Waals surface area contributed by atoms with E-state index in [0.717, 1.165) is 27.9 Å². The van der Waals surface area contributed by atoms with Crippen LogP contribution in [-0.2, 0) is 4.79 Å². The van der Waals surface area contributed by atoms with E-state index in [1.54, 1.807) is 10.9 Å². The Bertz CT molecular complexity index is 1340. The minimum Gasteiger partial charge on any atom is -0.310 e. The smallest absolute Gasteiger partial charge is 0.272 e. The van der Waals surface area contributed by atoms with Crippen molar-refractivity contribution in [2.24, 2.45) is 0 Å². The third kappa shape index (κ3) is 3.45. The maximum Gasteiger partial charge on any atom is 0.272 e. The molecule has 0 unspecified atom stereocenters. The van der Waals surface area contributed by atoms with E-state index in [1.807, 2.05) is 38.1 Å². The van der Waals surface area contributed by atoms with Crippen molar-refractivity contribution in [2.45, 2.75) is 40.0 Å². The lowest BCUT2D eigenvalue weighted by molar-refractivity contribution is -0.116. The zero-order chi connectivity index (χ0) is 22.4. The molecule has 0 bridgehead atoms. The molecular formula is C25H24N6O. The maximum absolute atomic E-state index is 12.7. The van der Waals surface area contributed by atoms with Crippen molar-refractivity contribution >= 4 is 11.7 Å². The van der Waals surface area contributed by atoms with E-state index < -0.39 is 0 Å². The molecule has 0 spiro atoms. The molecule has 32 heavy (non-hydrogen) atoms. The number of nitrogens with one attached hydrogen (secondary N) is 1. The molecule has 0 fully saturated rings. The summed E-state index contributed by atoms with van der Waals surface area (Å²) in [5, 5.41) is 16.1. The molecule has 5 rings (SSSR count). The first kappa shape index (κ1) is 20.1. The van der Waals surface area contributed by atoms with Gasteiger partial charge in [0.2, 0.25) is 5.91 Å². The second-order valence-corrected chi connectivity index (χ2v) is 8.43. The van der Waals surface area contributed by atoms with Crippen LogP contribution in [0.3, 0.4) is 0 Å². The molecule has 1 amide bonds. The van der Waals surface area contributed by atoms with E-state index in [-0.39, 0.29) is 11.8 Å². The van der Waals surface area contributed by atoms with Gasteiger partial charge in [0.05, 0.1) is 17.6 Å². The second-order valence-electron chi connectivity index (χ2n) is 8.43. The highest BCUT2D eigenvalue weighted by atomic mass is 16.1. The number of aryl methyl sites for hydroxylation is 4. The summed E-state index contributed by atoms with van der Waals surface area (Å²) in [4.78, 5) is 17.4. The standard InChI is InChI=1S/C25H24N6O/c1-14-6-9-18(10-7-14)21-13-26-29-25(27-21)31-24-23(17(4)30-31)20(12-22(32)28-24)19-11-15(2)5-8-16(19)3/h5-11,13,20H,12H2,1-4H3,(H,28,32)/t20-/m0/s1. The van der Waals surface area contributed by atoms with Crippen LogP contribution >= 0.6 is 0 Å². The van der Waals surface area contributed by atoms with E-state index >= 15 is 0 Å². The van der Waals surface area contributed by atoms with Crippen molar-refractivity contribution in [1.82, 2.24) is 25.0 Å². The zero-order valence-electron chi connectivity index (χ0n) is 18.5. The van der Waals surface area contributed by atoms with Crippen LogP contribution in [0.1, 0.15) is 45.8 Å². The lowest BCUT2D eigenvalue weighted by Gasteiger charge is -2.25. The normalized spacial score (nSPS) is 15.4. The van der Waals surface area contributed by atoms with Crippen LogP contribution in [0.15, 0.2) is 48.7 Å². The number of aromatic nitrogens is 5. The Labute approximate surface area is 186 Å². The molecule has 0 radical (unpaired) electrons. The van der Waals surface area contributed by atoms with Gasteiger partial charge in [0.1, 0.15) is 5.82 Å². The summed E-state index contributed by atoms with van der Waals surface area (Å²) < 4.78 is 1.60. The van der Waals surface area contributed by atoms with Gasteiger partial charge in [-0.3, -0.25) is 4.79 Å². The summed E-state index contributed by atoms with van der Waals surface area (Å²) in [6, 6.07) is 14.4. The molecule has 1 atom stereocenters. The molecule has 4 aromatic rings. The highest BCUT2D eigenvalue weighted by Crippen LogP contribution is 2.41. The quantitative estimate of drug-likeness (QED) is 0.526. The van der Waals surface area contributed by atoms with Gasteiger partial charge >= 0.3 is 0 Å². The third-order valence-corrected chi connectivity index (χ3v) is 6.00. The number of fused-ring (bicyclic) bond motifs is 1. The van der Waals surface area contributed by atoms with E-state index in [4.69, 9.17) is 10.1 Å². The predicted octanol–water partition coefficient (Wildman–Crippen LogP) is 4.43. The first-order valence-corrected chi connectivity index (χ1v) is 10.6. The predicted molar refractivity (Wildman–Crippen MR) is 123 cm³/mol. The highest BCUT2D eigenvalue weighted by Gasteiger charge is 2.34. The Hall–Kier alpha value is -3.87. The monoisotopic (exact) mass is 424 g/mol. The van der Waals surface area contributed by atoms with Gasteiger partial charge in [-0.25, -0.2) is 4.98 Å². The van der Waals surface area contributed by atoms with Crippen LogP contribution in [-0.4, -0.2) is 30.9 Å². The van der Waals surface area contributed by atoms with Crippen molar-refractivity contribution in [3.63, 3.8) is 0 Å². The number of benzene rings is 2. The van der Waals surface area contributed by atoms with Crippen LogP contribution in [0.5, 0.6) is 0 Å². The number of hydrogen-bond acceptors (Lipinski definition) is 5. The van der Waals surface area contributed by atoms with Crippen LogP contribution in [0.2, 0.25) is 0 Å². The number of hydrogen-bond donors (Lipinski definition) is 1. The summed E-state index contributed by atoms with van der Waals surface area (Å²) in [6.45, 7) is 8.15. The summed E-state index contributed by atoms with van der Waals surface area (Å²) >= 11 is 0. The SMILES string of the molecule is Cc1ccc(-c2cnnc(-n3nc(C)c4c3NC(=O)C[C@H]4c3cc(C)ccc3C)n2)cc1. The fraction of sp³-hybridized carbons (Fsp3) is 0.240. The molecule has 2 aromatic carbocycles. The molecule has 0 saturated heterocycles. The Morgan fingerprint density at radius 1 is 1.00 bits per heavy atom. The average molecular weight is 425 g/mol. The Morgan fingerprint density at radius 2 is 1.75 bits per heavy atom. The van der Waals surface area contributed by atoms with Crippen LogP contribution in [0.25, 0.3) is 17.2 Å². The van der Waals surface area contributed by atoms with Crippen molar-refractivity contribution in [3.8, 4) is 17.2 Å². The van der Waals surface area contributed by atoms with Crippen LogP contribution < -0.4 is 5.32 Å². The average Bonchev–Trinajstić information content (AvgIpc) is 3.11. The minimum atomic E-state index is -0.0689. The molecule has 2 aromatic heterocycles. The van der Waals surface area contributed by atoms with E-state index in [1.165, 1.54) is 11.1 Å². The molecule has 7 heteroatoms. The number of rotatable bonds is 3. The first-order valence-electron chi connectivity index (χ1n) is 10.6. The van der Waals surface area contributed by atoms with Gasteiger partial charge in [0.25, 0.3) is 5.95 Å². The first-order chi connectivity index (χ1) is 15.4. The van der Waals surface area contributed by atoms with E-state index in [2.05, 4.69) is 47.6 Å². The molecule has 3 heterocycles. The lowest BCUT2D eigenvalue weighted by atomic mass is 9.83. The number of nitrogens with zero attached hydrogens (tertiary/aromatic N) is 5. The van der Waals surface area contributed by atoms with Gasteiger partial charge in [-0.1, -0.05) is 53.6 Å². The summed E-state index contributed by atoms with van der Waals surface area (Å²) in [5.41, 5.74) is 8.14. The lowest BCUT2D eigenvalue weighted by Crippen LogP contribution is -2.25. The Balaban J connectivity index is 1.63. The fourth-order valence-electron chi connectivity index (χ4n) is 4.34. The Kier molecular flexibility index (Phi) is 4.81.